The van der Waals surface area contributed by atoms with Gasteiger partial charge in [-0.25, -0.2) is 9.97 Å². The molecule has 6 nitrogen and oxygen atoms in total. The number of nitrogens with zero attached hydrogens (tertiary/aromatic N) is 2. The summed E-state index contributed by atoms with van der Waals surface area (Å²) in [6, 6.07) is 8.78. The maximum absolute atomic E-state index is 12.2. The molecular weight excluding hydrogens is 294 g/mol. The van der Waals surface area contributed by atoms with Crippen LogP contribution in [0.15, 0.2) is 30.3 Å². The first-order valence-electron chi connectivity index (χ1n) is 6.32. The van der Waals surface area contributed by atoms with Crippen molar-refractivity contribution < 1.29 is 14.3 Å². The summed E-state index contributed by atoms with van der Waals surface area (Å²) in [5, 5.41) is 2.84. The highest BCUT2D eigenvalue weighted by Crippen LogP contribution is 2.31. The Hall–Kier alpha value is -2.34. The van der Waals surface area contributed by atoms with Crippen molar-refractivity contribution >= 4 is 23.5 Å². The zero-order valence-corrected chi connectivity index (χ0v) is 11.9. The molecule has 1 aliphatic rings. The molecule has 1 N–H and O–H groups in total. The molecule has 1 unspecified atom stereocenters. The number of carbonyl (C=O) groups excluding carboxylic acids is 1. The van der Waals surface area contributed by atoms with Crippen molar-refractivity contribution in [2.24, 2.45) is 0 Å². The lowest BCUT2D eigenvalue weighted by atomic mass is 10.2. The van der Waals surface area contributed by atoms with Gasteiger partial charge in [0, 0.05) is 5.69 Å². The number of fused-ring (bicyclic) bond motifs is 1. The zero-order valence-electron chi connectivity index (χ0n) is 11.2. The monoisotopic (exact) mass is 305 g/mol. The van der Waals surface area contributed by atoms with Crippen molar-refractivity contribution in [3.8, 4) is 11.5 Å². The number of anilines is 1. The van der Waals surface area contributed by atoms with Gasteiger partial charge in [-0.05, 0) is 25.1 Å². The molecule has 108 valence electrons. The first kappa shape index (κ1) is 13.6. The minimum Gasteiger partial charge on any atom is -0.485 e. The molecule has 7 heteroatoms. The van der Waals surface area contributed by atoms with Crippen molar-refractivity contribution in [1.82, 2.24) is 9.97 Å². The van der Waals surface area contributed by atoms with Gasteiger partial charge in [-0.2, -0.15) is 0 Å². The molecule has 2 aromatic rings. The number of hydrogen-bond acceptors (Lipinski definition) is 5. The third-order valence-electron chi connectivity index (χ3n) is 2.86. The average molecular weight is 306 g/mol. The van der Waals surface area contributed by atoms with Gasteiger partial charge in [0.25, 0.3) is 5.91 Å². The van der Waals surface area contributed by atoms with Crippen molar-refractivity contribution in [2.75, 3.05) is 11.9 Å². The molecule has 0 saturated heterocycles. The number of para-hydroxylation sites is 2. The maximum atomic E-state index is 12.2. The first-order valence-corrected chi connectivity index (χ1v) is 6.70. The first-order chi connectivity index (χ1) is 10.1. The lowest BCUT2D eigenvalue weighted by Crippen LogP contribution is -2.40. The van der Waals surface area contributed by atoms with E-state index < -0.39 is 6.10 Å². The predicted molar refractivity (Wildman–Crippen MR) is 76.8 cm³/mol. The van der Waals surface area contributed by atoms with Gasteiger partial charge in [0.05, 0.1) is 0 Å². The third kappa shape index (κ3) is 3.05. The summed E-state index contributed by atoms with van der Waals surface area (Å²) < 4.78 is 11.1. The van der Waals surface area contributed by atoms with Crippen LogP contribution in [0.2, 0.25) is 5.15 Å². The number of aryl methyl sites for hydroxylation is 1. The normalized spacial score (nSPS) is 16.4. The number of rotatable bonds is 2. The van der Waals surface area contributed by atoms with Gasteiger partial charge in [-0.15, -0.1) is 0 Å². The molecule has 2 heterocycles. The smallest absolute Gasteiger partial charge is 0.271 e. The van der Waals surface area contributed by atoms with Crippen LogP contribution in [-0.2, 0) is 4.79 Å². The van der Waals surface area contributed by atoms with E-state index in [1.807, 2.05) is 12.1 Å². The van der Waals surface area contributed by atoms with E-state index in [1.165, 1.54) is 0 Å². The largest absolute Gasteiger partial charge is 0.485 e. The molecule has 3 rings (SSSR count). The van der Waals surface area contributed by atoms with Crippen LogP contribution in [0.25, 0.3) is 0 Å². The molecule has 1 aromatic carbocycles. The molecule has 1 aliphatic heterocycles. The fourth-order valence-corrected chi connectivity index (χ4v) is 2.16. The molecule has 1 atom stereocenters. The van der Waals surface area contributed by atoms with E-state index >= 15 is 0 Å². The topological polar surface area (TPSA) is 73.3 Å². The molecule has 0 saturated carbocycles. The second-order valence-corrected chi connectivity index (χ2v) is 4.90. The van der Waals surface area contributed by atoms with Gasteiger partial charge in [0.15, 0.2) is 11.5 Å². The van der Waals surface area contributed by atoms with E-state index in [0.29, 0.717) is 17.2 Å². The third-order valence-corrected chi connectivity index (χ3v) is 3.05. The predicted octanol–water partition coefficient (Wildman–Crippen LogP) is 2.22. The Bertz CT molecular complexity index is 673. The van der Waals surface area contributed by atoms with Crippen LogP contribution in [0.1, 0.15) is 5.69 Å². The number of hydrogen-bond donors (Lipinski definition) is 1. The molecule has 0 fully saturated rings. The maximum Gasteiger partial charge on any atom is 0.271 e. The zero-order chi connectivity index (χ0) is 14.8. The number of halogens is 1. The highest BCUT2D eigenvalue weighted by atomic mass is 35.5. The van der Waals surface area contributed by atoms with E-state index in [4.69, 9.17) is 21.1 Å². The lowest BCUT2D eigenvalue weighted by molar-refractivity contribution is -0.125. The average Bonchev–Trinajstić information content (AvgIpc) is 2.45. The molecule has 0 radical (unpaired) electrons. The van der Waals surface area contributed by atoms with Gasteiger partial charge >= 0.3 is 0 Å². The van der Waals surface area contributed by atoms with Crippen LogP contribution >= 0.6 is 11.6 Å². The van der Waals surface area contributed by atoms with Gasteiger partial charge in [-0.3, -0.25) is 10.1 Å². The van der Waals surface area contributed by atoms with E-state index in [1.54, 1.807) is 25.1 Å². The number of amides is 1. The van der Waals surface area contributed by atoms with Crippen LogP contribution in [0, 0.1) is 6.92 Å². The number of benzene rings is 1. The number of nitrogens with one attached hydrogen (secondary N) is 1. The number of aromatic nitrogens is 2. The van der Waals surface area contributed by atoms with Crippen molar-refractivity contribution in [3.63, 3.8) is 0 Å². The molecule has 0 spiro atoms. The van der Waals surface area contributed by atoms with Gasteiger partial charge in [0.1, 0.15) is 11.8 Å². The summed E-state index contributed by atoms with van der Waals surface area (Å²) in [4.78, 5) is 20.2. The summed E-state index contributed by atoms with van der Waals surface area (Å²) in [5.74, 6) is 0.919. The number of carbonyl (C=O) groups is 1. The molecular formula is C14H12ClN3O3. The quantitative estimate of drug-likeness (QED) is 0.861. The van der Waals surface area contributed by atoms with E-state index in [0.717, 1.165) is 0 Å². The molecule has 21 heavy (non-hydrogen) atoms. The minimum absolute atomic E-state index is 0.127. The minimum atomic E-state index is -0.761. The van der Waals surface area contributed by atoms with Crippen molar-refractivity contribution in [3.05, 3.63) is 41.2 Å². The summed E-state index contributed by atoms with van der Waals surface area (Å²) in [6.07, 6.45) is -0.761. The Morgan fingerprint density at radius 3 is 2.86 bits per heavy atom. The van der Waals surface area contributed by atoms with Crippen LogP contribution in [0.5, 0.6) is 11.5 Å². The Morgan fingerprint density at radius 2 is 2.10 bits per heavy atom. The van der Waals surface area contributed by atoms with Crippen molar-refractivity contribution in [1.29, 1.82) is 0 Å². The Labute approximate surface area is 126 Å². The van der Waals surface area contributed by atoms with Gasteiger partial charge in [0.2, 0.25) is 12.1 Å². The molecule has 1 amide bonds. The Morgan fingerprint density at radius 1 is 1.33 bits per heavy atom. The van der Waals surface area contributed by atoms with Gasteiger partial charge < -0.3 is 9.47 Å². The van der Waals surface area contributed by atoms with Crippen LogP contribution in [0.4, 0.5) is 5.95 Å². The van der Waals surface area contributed by atoms with Crippen LogP contribution < -0.4 is 14.8 Å². The van der Waals surface area contributed by atoms with E-state index in [-0.39, 0.29) is 23.6 Å². The summed E-state index contributed by atoms with van der Waals surface area (Å²) >= 11 is 5.83. The standard InChI is InChI=1S/C14H12ClN3O3/c1-8-6-12(15)17-14(16-8)18-13(19)11-7-20-9-4-2-3-5-10(9)21-11/h2-6,11H,7H2,1H3,(H,16,17,18,19). The fourth-order valence-electron chi connectivity index (χ4n) is 1.93. The van der Waals surface area contributed by atoms with Crippen molar-refractivity contribution in [2.45, 2.75) is 13.0 Å². The van der Waals surface area contributed by atoms with Crippen LogP contribution in [0.3, 0.4) is 0 Å². The Balaban J connectivity index is 1.72. The van der Waals surface area contributed by atoms with E-state index in [9.17, 15) is 4.79 Å². The van der Waals surface area contributed by atoms with E-state index in [2.05, 4.69) is 15.3 Å². The number of ether oxygens (including phenoxy) is 2. The second-order valence-electron chi connectivity index (χ2n) is 4.51. The summed E-state index contributed by atoms with van der Waals surface area (Å²) in [6.45, 7) is 1.89. The second kappa shape index (κ2) is 5.57. The summed E-state index contributed by atoms with van der Waals surface area (Å²) in [5.41, 5.74) is 0.663. The highest BCUT2D eigenvalue weighted by Gasteiger charge is 2.27. The van der Waals surface area contributed by atoms with Crippen LogP contribution in [-0.4, -0.2) is 28.6 Å². The fraction of sp³-hybridized carbons (Fsp3) is 0.214. The highest BCUT2D eigenvalue weighted by molar-refractivity contribution is 6.29. The summed E-state index contributed by atoms with van der Waals surface area (Å²) in [7, 11) is 0. The molecule has 0 aliphatic carbocycles. The Kier molecular flexibility index (Phi) is 3.62. The molecule has 0 bridgehead atoms. The molecule has 1 aromatic heterocycles. The SMILES string of the molecule is Cc1cc(Cl)nc(NC(=O)C2COc3ccccc3O2)n1. The lowest BCUT2D eigenvalue weighted by Gasteiger charge is -2.25. The van der Waals surface area contributed by atoms with Gasteiger partial charge in [-0.1, -0.05) is 23.7 Å².